The smallest absolute Gasteiger partial charge is 0.0594 e. The third-order valence-electron chi connectivity index (χ3n) is 4.22. The summed E-state index contributed by atoms with van der Waals surface area (Å²) < 4.78 is 5.40. The Morgan fingerprint density at radius 3 is 2.46 bits per heavy atom. The molecule has 2 saturated carbocycles. The molecule has 0 aromatic carbocycles. The molecule has 3 aliphatic rings. The minimum absolute atomic E-state index is 0.933. The van der Waals surface area contributed by atoms with E-state index in [4.69, 9.17) is 4.74 Å². The van der Waals surface area contributed by atoms with Crippen molar-refractivity contribution in [3.05, 3.63) is 0 Å². The number of nitrogens with zero attached hydrogens (tertiary/aromatic N) is 1. The molecule has 0 aromatic heterocycles. The molecule has 0 N–H and O–H groups in total. The van der Waals surface area contributed by atoms with Gasteiger partial charge in [0.1, 0.15) is 0 Å². The van der Waals surface area contributed by atoms with Crippen molar-refractivity contribution in [1.29, 1.82) is 0 Å². The van der Waals surface area contributed by atoms with Gasteiger partial charge in [-0.1, -0.05) is 6.42 Å². The number of rotatable bonds is 1. The quantitative estimate of drug-likeness (QED) is 0.608. The van der Waals surface area contributed by atoms with E-state index < -0.39 is 0 Å². The van der Waals surface area contributed by atoms with Crippen molar-refractivity contribution in [2.24, 2.45) is 11.8 Å². The SMILES string of the molecule is C1CN([C@@H]2C[C@H]3CC[C@@H]2C3)CCO1. The molecule has 0 aromatic rings. The van der Waals surface area contributed by atoms with Gasteiger partial charge in [-0.05, 0) is 31.1 Å². The monoisotopic (exact) mass is 181 g/mol. The molecule has 1 heterocycles. The zero-order chi connectivity index (χ0) is 8.67. The topological polar surface area (TPSA) is 12.5 Å². The Balaban J connectivity index is 1.65. The second kappa shape index (κ2) is 3.25. The van der Waals surface area contributed by atoms with Crippen LogP contribution in [0.1, 0.15) is 25.7 Å². The first-order valence-corrected chi connectivity index (χ1v) is 5.75. The molecule has 2 aliphatic carbocycles. The van der Waals surface area contributed by atoms with Crippen molar-refractivity contribution in [3.8, 4) is 0 Å². The van der Waals surface area contributed by atoms with E-state index in [1.54, 1.807) is 0 Å². The van der Waals surface area contributed by atoms with Crippen molar-refractivity contribution in [1.82, 2.24) is 4.90 Å². The summed E-state index contributed by atoms with van der Waals surface area (Å²) in [6, 6.07) is 0.933. The average Bonchev–Trinajstić information content (AvgIpc) is 2.80. The van der Waals surface area contributed by atoms with Gasteiger partial charge in [-0.3, -0.25) is 4.90 Å². The maximum Gasteiger partial charge on any atom is 0.0594 e. The molecule has 0 spiro atoms. The molecule has 2 heteroatoms. The lowest BCUT2D eigenvalue weighted by atomic mass is 9.94. The van der Waals surface area contributed by atoms with Gasteiger partial charge in [0.05, 0.1) is 13.2 Å². The van der Waals surface area contributed by atoms with E-state index in [0.717, 1.165) is 31.1 Å². The fourth-order valence-electron chi connectivity index (χ4n) is 3.57. The Morgan fingerprint density at radius 2 is 1.85 bits per heavy atom. The largest absolute Gasteiger partial charge is 0.379 e. The number of hydrogen-bond acceptors (Lipinski definition) is 2. The normalized spacial score (nSPS) is 45.7. The van der Waals surface area contributed by atoms with E-state index in [9.17, 15) is 0 Å². The summed E-state index contributed by atoms with van der Waals surface area (Å²) in [4.78, 5) is 2.69. The lowest BCUT2D eigenvalue weighted by molar-refractivity contribution is 0.00415. The van der Waals surface area contributed by atoms with Gasteiger partial charge in [0.25, 0.3) is 0 Å². The van der Waals surface area contributed by atoms with Gasteiger partial charge in [0.15, 0.2) is 0 Å². The summed E-state index contributed by atoms with van der Waals surface area (Å²) >= 11 is 0. The predicted molar refractivity (Wildman–Crippen MR) is 51.6 cm³/mol. The van der Waals surface area contributed by atoms with E-state index in [0.29, 0.717) is 0 Å². The van der Waals surface area contributed by atoms with Crippen LogP contribution in [0.3, 0.4) is 0 Å². The summed E-state index contributed by atoms with van der Waals surface area (Å²) in [6.45, 7) is 4.31. The summed E-state index contributed by atoms with van der Waals surface area (Å²) in [6.07, 6.45) is 6.05. The van der Waals surface area contributed by atoms with Crippen LogP contribution in [0.15, 0.2) is 0 Å². The van der Waals surface area contributed by atoms with Crippen LogP contribution in [-0.2, 0) is 4.74 Å². The Hall–Kier alpha value is -0.0800. The predicted octanol–water partition coefficient (Wildman–Crippen LogP) is 1.51. The van der Waals surface area contributed by atoms with Crippen LogP contribution in [-0.4, -0.2) is 37.2 Å². The highest BCUT2D eigenvalue weighted by Crippen LogP contribution is 2.46. The Bertz CT molecular complexity index is 189. The molecule has 74 valence electrons. The number of hydrogen-bond donors (Lipinski definition) is 0. The first kappa shape index (κ1) is 8.25. The van der Waals surface area contributed by atoms with E-state index in [-0.39, 0.29) is 0 Å². The number of morpholine rings is 1. The molecule has 2 bridgehead atoms. The first-order chi connectivity index (χ1) is 6.43. The molecule has 3 fully saturated rings. The minimum Gasteiger partial charge on any atom is -0.379 e. The number of ether oxygens (including phenoxy) is 1. The Labute approximate surface area is 80.2 Å². The number of fused-ring (bicyclic) bond motifs is 2. The molecule has 1 aliphatic heterocycles. The Morgan fingerprint density at radius 1 is 1.00 bits per heavy atom. The van der Waals surface area contributed by atoms with E-state index in [1.165, 1.54) is 38.8 Å². The van der Waals surface area contributed by atoms with Crippen LogP contribution in [0, 0.1) is 11.8 Å². The molecule has 3 atom stereocenters. The van der Waals surface area contributed by atoms with Crippen LogP contribution in [0.25, 0.3) is 0 Å². The van der Waals surface area contributed by atoms with E-state index in [1.807, 2.05) is 0 Å². The first-order valence-electron chi connectivity index (χ1n) is 5.75. The molecule has 3 rings (SSSR count). The fourth-order valence-corrected chi connectivity index (χ4v) is 3.57. The van der Waals surface area contributed by atoms with Crippen molar-refractivity contribution >= 4 is 0 Å². The fraction of sp³-hybridized carbons (Fsp3) is 1.00. The second-order valence-electron chi connectivity index (χ2n) is 4.89. The van der Waals surface area contributed by atoms with Gasteiger partial charge in [0, 0.05) is 19.1 Å². The molecule has 1 saturated heterocycles. The zero-order valence-corrected chi connectivity index (χ0v) is 8.24. The molecule has 0 amide bonds. The van der Waals surface area contributed by atoms with E-state index >= 15 is 0 Å². The summed E-state index contributed by atoms with van der Waals surface area (Å²) in [5, 5.41) is 0. The molecule has 0 radical (unpaired) electrons. The van der Waals surface area contributed by atoms with Crippen LogP contribution in [0.5, 0.6) is 0 Å². The highest BCUT2D eigenvalue weighted by molar-refractivity contribution is 4.95. The van der Waals surface area contributed by atoms with Crippen LogP contribution < -0.4 is 0 Å². The highest BCUT2D eigenvalue weighted by atomic mass is 16.5. The van der Waals surface area contributed by atoms with Crippen LogP contribution in [0.2, 0.25) is 0 Å². The third-order valence-corrected chi connectivity index (χ3v) is 4.22. The van der Waals surface area contributed by atoms with Crippen molar-refractivity contribution < 1.29 is 4.74 Å². The van der Waals surface area contributed by atoms with Crippen molar-refractivity contribution in [2.75, 3.05) is 26.3 Å². The van der Waals surface area contributed by atoms with Crippen LogP contribution >= 0.6 is 0 Å². The maximum absolute atomic E-state index is 5.40. The lowest BCUT2D eigenvalue weighted by Crippen LogP contribution is -2.45. The molecule has 2 nitrogen and oxygen atoms in total. The zero-order valence-electron chi connectivity index (χ0n) is 8.24. The standard InChI is InChI=1S/C11H19NO/c1-2-10-7-9(1)8-11(10)12-3-5-13-6-4-12/h9-11H,1-8H2/t9-,10+,11+/m0/s1. The van der Waals surface area contributed by atoms with Crippen molar-refractivity contribution in [2.45, 2.75) is 31.7 Å². The van der Waals surface area contributed by atoms with Crippen LogP contribution in [0.4, 0.5) is 0 Å². The summed E-state index contributed by atoms with van der Waals surface area (Å²) in [5.41, 5.74) is 0. The Kier molecular flexibility index (Phi) is 2.06. The minimum atomic E-state index is 0.933. The van der Waals surface area contributed by atoms with Crippen molar-refractivity contribution in [3.63, 3.8) is 0 Å². The van der Waals surface area contributed by atoms with Gasteiger partial charge in [-0.2, -0.15) is 0 Å². The van der Waals surface area contributed by atoms with Gasteiger partial charge in [0.2, 0.25) is 0 Å². The molecular formula is C11H19NO. The van der Waals surface area contributed by atoms with E-state index in [2.05, 4.69) is 4.90 Å². The molecular weight excluding hydrogens is 162 g/mol. The maximum atomic E-state index is 5.40. The van der Waals surface area contributed by atoms with Gasteiger partial charge < -0.3 is 4.74 Å². The lowest BCUT2D eigenvalue weighted by Gasteiger charge is -2.36. The average molecular weight is 181 g/mol. The van der Waals surface area contributed by atoms with Gasteiger partial charge in [-0.25, -0.2) is 0 Å². The third kappa shape index (κ3) is 1.40. The van der Waals surface area contributed by atoms with Gasteiger partial charge in [-0.15, -0.1) is 0 Å². The molecule has 13 heavy (non-hydrogen) atoms. The summed E-state index contributed by atoms with van der Waals surface area (Å²) in [7, 11) is 0. The summed E-state index contributed by atoms with van der Waals surface area (Å²) in [5.74, 6) is 2.13. The van der Waals surface area contributed by atoms with Gasteiger partial charge >= 0.3 is 0 Å². The highest BCUT2D eigenvalue weighted by Gasteiger charge is 2.42. The molecule has 0 unspecified atom stereocenters. The second-order valence-corrected chi connectivity index (χ2v) is 4.89.